The average Bonchev–Trinajstić information content (AvgIpc) is 2.93. The number of guanidine groups is 1. The Kier molecular flexibility index (Phi) is 5.29. The van der Waals surface area contributed by atoms with E-state index >= 15 is 0 Å². The summed E-state index contributed by atoms with van der Waals surface area (Å²) < 4.78 is 1.89. The smallest absolute Gasteiger partial charge is 0.193 e. The zero-order chi connectivity index (χ0) is 13.2. The Morgan fingerprint density at radius 1 is 1.45 bits per heavy atom. The van der Waals surface area contributed by atoms with Crippen LogP contribution in [0.4, 0.5) is 0 Å². The Hall–Kier alpha value is -0.790. The fraction of sp³-hybridized carbons (Fsp3) is 0.714. The molecule has 0 amide bonds. The fourth-order valence-electron chi connectivity index (χ4n) is 2.77. The highest BCUT2D eigenvalue weighted by atomic mass is 127. The van der Waals surface area contributed by atoms with Crippen molar-refractivity contribution in [3.05, 3.63) is 18.0 Å². The average molecular weight is 389 g/mol. The maximum Gasteiger partial charge on any atom is 0.193 e. The van der Waals surface area contributed by atoms with Crippen LogP contribution in [0.5, 0.6) is 0 Å². The number of aryl methyl sites for hydroxylation is 1. The fourth-order valence-corrected chi connectivity index (χ4v) is 2.77. The molecular weight excluding hydrogens is 365 g/mol. The molecule has 5 nitrogen and oxygen atoms in total. The van der Waals surface area contributed by atoms with Crippen LogP contribution in [0.1, 0.15) is 30.7 Å². The van der Waals surface area contributed by atoms with Gasteiger partial charge in [0.05, 0.1) is 6.20 Å². The van der Waals surface area contributed by atoms with E-state index in [0.29, 0.717) is 5.92 Å². The minimum atomic E-state index is 0. The predicted molar refractivity (Wildman–Crippen MR) is 91.6 cm³/mol. The number of rotatable bonds is 3. The van der Waals surface area contributed by atoms with Crippen LogP contribution in [-0.4, -0.2) is 47.3 Å². The molecule has 2 heterocycles. The van der Waals surface area contributed by atoms with Gasteiger partial charge in [-0.3, -0.25) is 9.67 Å². The molecule has 3 rings (SSSR count). The highest BCUT2D eigenvalue weighted by Gasteiger charge is 2.28. The van der Waals surface area contributed by atoms with Crippen molar-refractivity contribution >= 4 is 29.9 Å². The third kappa shape index (κ3) is 3.65. The highest BCUT2D eigenvalue weighted by molar-refractivity contribution is 14.0. The number of hydrogen-bond donors (Lipinski definition) is 1. The first-order valence-electron chi connectivity index (χ1n) is 7.20. The van der Waals surface area contributed by atoms with E-state index in [1.807, 2.05) is 25.0 Å². The van der Waals surface area contributed by atoms with Gasteiger partial charge in [0.1, 0.15) is 0 Å². The first kappa shape index (κ1) is 15.6. The van der Waals surface area contributed by atoms with Gasteiger partial charge in [0.25, 0.3) is 0 Å². The second-order valence-electron chi connectivity index (χ2n) is 5.75. The van der Waals surface area contributed by atoms with Crippen LogP contribution < -0.4 is 5.32 Å². The molecular formula is C14H24IN5. The van der Waals surface area contributed by atoms with Crippen molar-refractivity contribution in [2.75, 3.05) is 26.7 Å². The summed E-state index contributed by atoms with van der Waals surface area (Å²) in [5.41, 5.74) is 1.35. The lowest BCUT2D eigenvalue weighted by Gasteiger charge is -2.21. The third-order valence-electron chi connectivity index (χ3n) is 4.14. The Morgan fingerprint density at radius 3 is 2.85 bits per heavy atom. The lowest BCUT2D eigenvalue weighted by molar-refractivity contribution is 0.483. The summed E-state index contributed by atoms with van der Waals surface area (Å²) in [6.45, 7) is 3.22. The summed E-state index contributed by atoms with van der Waals surface area (Å²) in [6.07, 6.45) is 8.07. The standard InChI is InChI=1S/C14H23N5.HI/c1-15-14(16-7-11-3-4-11)19-6-5-12(10-19)13-8-17-18(2)9-13;/h8-9,11-12H,3-7,10H2,1-2H3,(H,15,16);1H. The molecule has 20 heavy (non-hydrogen) atoms. The topological polar surface area (TPSA) is 45.5 Å². The van der Waals surface area contributed by atoms with E-state index in [1.165, 1.54) is 24.8 Å². The number of aromatic nitrogens is 2. The first-order valence-corrected chi connectivity index (χ1v) is 7.20. The van der Waals surface area contributed by atoms with Crippen LogP contribution in [0.25, 0.3) is 0 Å². The molecule has 2 fully saturated rings. The van der Waals surface area contributed by atoms with Gasteiger partial charge in [-0.1, -0.05) is 0 Å². The molecule has 1 saturated heterocycles. The van der Waals surface area contributed by atoms with Crippen molar-refractivity contribution in [1.29, 1.82) is 0 Å². The van der Waals surface area contributed by atoms with Gasteiger partial charge in [0.2, 0.25) is 0 Å². The number of likely N-dealkylation sites (tertiary alicyclic amines) is 1. The summed E-state index contributed by atoms with van der Waals surface area (Å²) in [6, 6.07) is 0. The van der Waals surface area contributed by atoms with Crippen LogP contribution in [0.2, 0.25) is 0 Å². The zero-order valence-corrected chi connectivity index (χ0v) is 14.6. The Bertz CT molecular complexity index is 466. The SMILES string of the molecule is CN=C(NCC1CC1)N1CCC(c2cnn(C)c2)C1.I. The molecule has 1 aliphatic heterocycles. The van der Waals surface area contributed by atoms with E-state index in [9.17, 15) is 0 Å². The van der Waals surface area contributed by atoms with E-state index in [1.54, 1.807) is 0 Å². The summed E-state index contributed by atoms with van der Waals surface area (Å²) in [7, 11) is 3.86. The van der Waals surface area contributed by atoms with Crippen molar-refractivity contribution in [1.82, 2.24) is 20.0 Å². The van der Waals surface area contributed by atoms with Crippen molar-refractivity contribution in [2.24, 2.45) is 18.0 Å². The normalized spacial score (nSPS) is 22.8. The number of aliphatic imine (C=N–C) groups is 1. The maximum atomic E-state index is 4.41. The van der Waals surface area contributed by atoms with Gasteiger partial charge >= 0.3 is 0 Å². The van der Waals surface area contributed by atoms with E-state index in [0.717, 1.165) is 31.5 Å². The van der Waals surface area contributed by atoms with Gasteiger partial charge in [-0.25, -0.2) is 0 Å². The van der Waals surface area contributed by atoms with Crippen LogP contribution >= 0.6 is 24.0 Å². The van der Waals surface area contributed by atoms with Crippen LogP contribution in [0.3, 0.4) is 0 Å². The number of halogens is 1. The summed E-state index contributed by atoms with van der Waals surface area (Å²) in [5, 5.41) is 7.78. The minimum absolute atomic E-state index is 0. The largest absolute Gasteiger partial charge is 0.356 e. The van der Waals surface area contributed by atoms with Crippen molar-refractivity contribution < 1.29 is 0 Å². The van der Waals surface area contributed by atoms with Gasteiger partial charge in [0, 0.05) is 45.8 Å². The third-order valence-corrected chi connectivity index (χ3v) is 4.14. The summed E-state index contributed by atoms with van der Waals surface area (Å²) in [5.74, 6) is 2.54. The van der Waals surface area contributed by atoms with Crippen molar-refractivity contribution in [2.45, 2.75) is 25.2 Å². The molecule has 112 valence electrons. The van der Waals surface area contributed by atoms with Gasteiger partial charge < -0.3 is 10.2 Å². The van der Waals surface area contributed by atoms with Crippen LogP contribution in [0, 0.1) is 5.92 Å². The van der Waals surface area contributed by atoms with Gasteiger partial charge in [-0.15, -0.1) is 24.0 Å². The quantitative estimate of drug-likeness (QED) is 0.487. The molecule has 1 aromatic heterocycles. The van der Waals surface area contributed by atoms with Crippen LogP contribution in [0.15, 0.2) is 17.4 Å². The van der Waals surface area contributed by atoms with E-state index < -0.39 is 0 Å². The highest BCUT2D eigenvalue weighted by Crippen LogP contribution is 2.29. The number of nitrogens with zero attached hydrogens (tertiary/aromatic N) is 4. The van der Waals surface area contributed by atoms with E-state index in [2.05, 4.69) is 26.5 Å². The molecule has 0 spiro atoms. The first-order chi connectivity index (χ1) is 9.26. The molecule has 0 radical (unpaired) electrons. The maximum absolute atomic E-state index is 4.41. The molecule has 1 saturated carbocycles. The Balaban J connectivity index is 0.00000147. The van der Waals surface area contributed by atoms with E-state index in [4.69, 9.17) is 0 Å². The minimum Gasteiger partial charge on any atom is -0.356 e. The zero-order valence-electron chi connectivity index (χ0n) is 12.2. The molecule has 1 unspecified atom stereocenters. The molecule has 6 heteroatoms. The molecule has 2 aliphatic rings. The van der Waals surface area contributed by atoms with Crippen molar-refractivity contribution in [3.63, 3.8) is 0 Å². The number of hydrogen-bond acceptors (Lipinski definition) is 2. The van der Waals surface area contributed by atoms with E-state index in [-0.39, 0.29) is 24.0 Å². The second kappa shape index (κ2) is 6.78. The molecule has 1 N–H and O–H groups in total. The van der Waals surface area contributed by atoms with Gasteiger partial charge in [-0.2, -0.15) is 5.10 Å². The molecule has 1 aliphatic carbocycles. The summed E-state index contributed by atoms with van der Waals surface area (Å²) in [4.78, 5) is 6.79. The second-order valence-corrected chi connectivity index (χ2v) is 5.75. The molecule has 0 bridgehead atoms. The lowest BCUT2D eigenvalue weighted by Crippen LogP contribution is -2.40. The monoisotopic (exact) mass is 389 g/mol. The lowest BCUT2D eigenvalue weighted by atomic mass is 10.0. The molecule has 1 aromatic rings. The summed E-state index contributed by atoms with van der Waals surface area (Å²) >= 11 is 0. The van der Waals surface area contributed by atoms with Gasteiger partial charge in [0.15, 0.2) is 5.96 Å². The Morgan fingerprint density at radius 2 is 2.25 bits per heavy atom. The van der Waals surface area contributed by atoms with Crippen molar-refractivity contribution in [3.8, 4) is 0 Å². The molecule has 0 aromatic carbocycles. The molecule has 1 atom stereocenters. The van der Waals surface area contributed by atoms with Gasteiger partial charge in [-0.05, 0) is 30.7 Å². The predicted octanol–water partition coefficient (Wildman–Crippen LogP) is 1.81. The Labute approximate surface area is 137 Å². The number of nitrogens with one attached hydrogen (secondary N) is 1. The van der Waals surface area contributed by atoms with Crippen LogP contribution in [-0.2, 0) is 7.05 Å².